The van der Waals surface area contributed by atoms with Crippen LogP contribution in [-0.4, -0.2) is 61.8 Å². The fourth-order valence-corrected chi connectivity index (χ4v) is 6.51. The molecule has 0 N–H and O–H groups in total. The molecular weight excluding hydrogens is 427 g/mol. The molecule has 2 fully saturated rings. The van der Waals surface area contributed by atoms with E-state index < -0.39 is 10.0 Å². The number of nitrogens with zero attached hydrogens (tertiary/aromatic N) is 2. The van der Waals surface area contributed by atoms with Gasteiger partial charge < -0.3 is 4.74 Å². The van der Waals surface area contributed by atoms with Crippen molar-refractivity contribution in [1.29, 1.82) is 0 Å². The Morgan fingerprint density at radius 2 is 1.75 bits per heavy atom. The molecule has 174 valence electrons. The van der Waals surface area contributed by atoms with Crippen LogP contribution >= 0.6 is 0 Å². The molecule has 5 nitrogen and oxygen atoms in total. The molecule has 0 aliphatic carbocycles. The van der Waals surface area contributed by atoms with Gasteiger partial charge in [0, 0.05) is 44.4 Å². The SMILES string of the molecule is CCN(C1CCOC2(CCN(Cc3ccccc3-c3ccccc3F)CC2)C1)S(C)(=O)=O. The van der Waals surface area contributed by atoms with Crippen molar-refractivity contribution >= 4 is 10.0 Å². The van der Waals surface area contributed by atoms with Crippen LogP contribution in [0.2, 0.25) is 0 Å². The Kier molecular flexibility index (Phi) is 7.00. The Bertz CT molecular complexity index is 1030. The Balaban J connectivity index is 1.44. The molecular formula is C25H33FN2O3S. The van der Waals surface area contributed by atoms with Crippen LogP contribution in [-0.2, 0) is 21.3 Å². The number of rotatable bonds is 6. The van der Waals surface area contributed by atoms with Gasteiger partial charge in [0.1, 0.15) is 5.82 Å². The van der Waals surface area contributed by atoms with Gasteiger partial charge in [0.2, 0.25) is 10.0 Å². The van der Waals surface area contributed by atoms with Gasteiger partial charge in [-0.15, -0.1) is 0 Å². The van der Waals surface area contributed by atoms with Crippen LogP contribution in [0.15, 0.2) is 48.5 Å². The molecule has 0 saturated carbocycles. The predicted molar refractivity (Wildman–Crippen MR) is 125 cm³/mol. The lowest BCUT2D eigenvalue weighted by atomic mass is 9.82. The molecule has 32 heavy (non-hydrogen) atoms. The Labute approximate surface area is 191 Å². The van der Waals surface area contributed by atoms with Crippen molar-refractivity contribution in [2.75, 3.05) is 32.5 Å². The average Bonchev–Trinajstić information content (AvgIpc) is 2.76. The molecule has 2 aliphatic heterocycles. The molecule has 1 unspecified atom stereocenters. The van der Waals surface area contributed by atoms with Gasteiger partial charge in [-0.25, -0.2) is 12.8 Å². The number of hydrogen-bond donors (Lipinski definition) is 0. The van der Waals surface area contributed by atoms with Gasteiger partial charge in [0.15, 0.2) is 0 Å². The third-order valence-electron chi connectivity index (χ3n) is 6.95. The van der Waals surface area contributed by atoms with Gasteiger partial charge in [0.25, 0.3) is 0 Å². The Morgan fingerprint density at radius 1 is 1.09 bits per heavy atom. The molecule has 0 amide bonds. The molecule has 2 aromatic carbocycles. The lowest BCUT2D eigenvalue weighted by Crippen LogP contribution is -2.54. The fourth-order valence-electron chi connectivity index (χ4n) is 5.32. The van der Waals surface area contributed by atoms with E-state index in [0.717, 1.165) is 56.4 Å². The molecule has 2 aliphatic rings. The van der Waals surface area contributed by atoms with Crippen LogP contribution in [0, 0.1) is 5.82 Å². The van der Waals surface area contributed by atoms with E-state index in [-0.39, 0.29) is 17.5 Å². The van der Waals surface area contributed by atoms with E-state index in [9.17, 15) is 12.8 Å². The number of halogens is 1. The number of benzene rings is 2. The van der Waals surface area contributed by atoms with E-state index in [1.54, 1.807) is 10.4 Å². The van der Waals surface area contributed by atoms with Crippen molar-refractivity contribution in [2.45, 2.75) is 50.8 Å². The Morgan fingerprint density at radius 3 is 2.41 bits per heavy atom. The van der Waals surface area contributed by atoms with E-state index in [2.05, 4.69) is 11.0 Å². The van der Waals surface area contributed by atoms with Crippen molar-refractivity contribution in [1.82, 2.24) is 9.21 Å². The first-order chi connectivity index (χ1) is 15.3. The maximum absolute atomic E-state index is 14.4. The first kappa shape index (κ1) is 23.4. The second kappa shape index (κ2) is 9.59. The third-order valence-corrected chi connectivity index (χ3v) is 8.36. The van der Waals surface area contributed by atoms with Crippen LogP contribution in [0.1, 0.15) is 38.2 Å². The van der Waals surface area contributed by atoms with Crippen LogP contribution < -0.4 is 0 Å². The number of sulfonamides is 1. The van der Waals surface area contributed by atoms with E-state index in [1.165, 1.54) is 12.3 Å². The molecule has 0 radical (unpaired) electrons. The lowest BCUT2D eigenvalue weighted by Gasteiger charge is -2.48. The van der Waals surface area contributed by atoms with Gasteiger partial charge in [-0.2, -0.15) is 4.31 Å². The maximum Gasteiger partial charge on any atom is 0.211 e. The maximum atomic E-state index is 14.4. The first-order valence-corrected chi connectivity index (χ1v) is 13.3. The minimum Gasteiger partial charge on any atom is -0.375 e. The average molecular weight is 461 g/mol. The highest BCUT2D eigenvalue weighted by Gasteiger charge is 2.43. The van der Waals surface area contributed by atoms with E-state index in [1.807, 2.05) is 37.3 Å². The van der Waals surface area contributed by atoms with Crippen molar-refractivity contribution in [2.24, 2.45) is 0 Å². The van der Waals surface area contributed by atoms with E-state index in [0.29, 0.717) is 18.7 Å². The van der Waals surface area contributed by atoms with Gasteiger partial charge in [-0.05, 0) is 42.9 Å². The molecule has 2 aromatic rings. The molecule has 2 heterocycles. The standard InChI is InChI=1S/C25H33FN2O3S/c1-3-28(32(2,29)30)21-12-17-31-25(18-21)13-15-27(16-14-25)19-20-8-4-5-9-22(20)23-10-6-7-11-24(23)26/h4-11,21H,3,12-19H2,1-2H3. The predicted octanol–water partition coefficient (Wildman–Crippen LogP) is 4.29. The largest absolute Gasteiger partial charge is 0.375 e. The zero-order chi connectivity index (χ0) is 22.8. The summed E-state index contributed by atoms with van der Waals surface area (Å²) in [6, 6.07) is 14.9. The summed E-state index contributed by atoms with van der Waals surface area (Å²) in [7, 11) is -3.22. The summed E-state index contributed by atoms with van der Waals surface area (Å²) in [5, 5.41) is 0. The normalized spacial score (nSPS) is 21.8. The molecule has 4 rings (SSSR count). The van der Waals surface area contributed by atoms with Gasteiger partial charge in [-0.3, -0.25) is 4.90 Å². The van der Waals surface area contributed by atoms with Crippen LogP contribution in [0.4, 0.5) is 4.39 Å². The van der Waals surface area contributed by atoms with Crippen LogP contribution in [0.25, 0.3) is 11.1 Å². The molecule has 0 aromatic heterocycles. The number of hydrogen-bond acceptors (Lipinski definition) is 4. The van der Waals surface area contributed by atoms with Crippen molar-refractivity contribution in [3.8, 4) is 11.1 Å². The summed E-state index contributed by atoms with van der Waals surface area (Å²) in [4.78, 5) is 2.39. The number of piperidine rings is 1. The second-order valence-electron chi connectivity index (χ2n) is 9.06. The monoisotopic (exact) mass is 460 g/mol. The Hall–Kier alpha value is -1.80. The number of likely N-dealkylation sites (tertiary alicyclic amines) is 1. The third kappa shape index (κ3) is 5.06. The summed E-state index contributed by atoms with van der Waals surface area (Å²) in [6.07, 6.45) is 4.57. The second-order valence-corrected chi connectivity index (χ2v) is 11.0. The summed E-state index contributed by atoms with van der Waals surface area (Å²) < 4.78 is 46.7. The van der Waals surface area contributed by atoms with Gasteiger partial charge in [-0.1, -0.05) is 49.4 Å². The molecule has 7 heteroatoms. The summed E-state index contributed by atoms with van der Waals surface area (Å²) in [5.74, 6) is -0.203. The highest BCUT2D eigenvalue weighted by molar-refractivity contribution is 7.88. The quantitative estimate of drug-likeness (QED) is 0.645. The van der Waals surface area contributed by atoms with Gasteiger partial charge in [0.05, 0.1) is 11.9 Å². The molecule has 1 atom stereocenters. The molecule has 0 bridgehead atoms. The topological polar surface area (TPSA) is 49.9 Å². The summed E-state index contributed by atoms with van der Waals surface area (Å²) >= 11 is 0. The lowest BCUT2D eigenvalue weighted by molar-refractivity contribution is -0.127. The molecule has 1 spiro atoms. The number of ether oxygens (including phenoxy) is 1. The zero-order valence-electron chi connectivity index (χ0n) is 19.0. The van der Waals surface area contributed by atoms with Crippen molar-refractivity contribution in [3.05, 3.63) is 59.9 Å². The minimum absolute atomic E-state index is 0.0112. The van der Waals surface area contributed by atoms with Crippen molar-refractivity contribution in [3.63, 3.8) is 0 Å². The van der Waals surface area contributed by atoms with Crippen LogP contribution in [0.3, 0.4) is 0 Å². The highest BCUT2D eigenvalue weighted by atomic mass is 32.2. The minimum atomic E-state index is -3.22. The fraction of sp³-hybridized carbons (Fsp3) is 0.520. The summed E-state index contributed by atoms with van der Waals surface area (Å²) in [6.45, 7) is 5.52. The summed E-state index contributed by atoms with van der Waals surface area (Å²) in [5.41, 5.74) is 2.44. The smallest absolute Gasteiger partial charge is 0.211 e. The van der Waals surface area contributed by atoms with E-state index >= 15 is 0 Å². The van der Waals surface area contributed by atoms with Crippen molar-refractivity contribution < 1.29 is 17.5 Å². The van der Waals surface area contributed by atoms with Crippen LogP contribution in [0.5, 0.6) is 0 Å². The first-order valence-electron chi connectivity index (χ1n) is 11.5. The highest BCUT2D eigenvalue weighted by Crippen LogP contribution is 2.38. The van der Waals surface area contributed by atoms with Gasteiger partial charge >= 0.3 is 0 Å². The zero-order valence-corrected chi connectivity index (χ0v) is 19.8. The van der Waals surface area contributed by atoms with E-state index in [4.69, 9.17) is 4.74 Å². The molecule has 2 saturated heterocycles.